The number of fused-ring (bicyclic) bond motifs is 1. The molecule has 1 aliphatic heterocycles. The maximum atomic E-state index is 6.00. The van der Waals surface area contributed by atoms with Gasteiger partial charge in [-0.25, -0.2) is 9.97 Å². The van der Waals surface area contributed by atoms with Crippen LogP contribution in [0.5, 0.6) is 11.5 Å². The molecule has 1 fully saturated rings. The van der Waals surface area contributed by atoms with E-state index in [-0.39, 0.29) is 0 Å². The van der Waals surface area contributed by atoms with E-state index in [1.807, 2.05) is 19.1 Å². The van der Waals surface area contributed by atoms with Gasteiger partial charge in [0, 0.05) is 31.1 Å². The van der Waals surface area contributed by atoms with Crippen LogP contribution in [0.25, 0.3) is 10.9 Å². The van der Waals surface area contributed by atoms with E-state index in [2.05, 4.69) is 35.4 Å². The lowest BCUT2D eigenvalue weighted by Gasteiger charge is -2.26. The monoisotopic (exact) mass is 399 g/mol. The van der Waals surface area contributed by atoms with Gasteiger partial charge in [0.1, 0.15) is 18.0 Å². The topological polar surface area (TPSA) is 110 Å². The van der Waals surface area contributed by atoms with Gasteiger partial charge >= 0.3 is 0 Å². The molecular weight excluding hydrogens is 374 g/mol. The van der Waals surface area contributed by atoms with Crippen molar-refractivity contribution in [2.75, 3.05) is 51.9 Å². The summed E-state index contributed by atoms with van der Waals surface area (Å²) in [5.74, 6) is 3.07. The van der Waals surface area contributed by atoms with Crippen molar-refractivity contribution in [2.24, 2.45) is 0 Å². The molecule has 3 heterocycles. The van der Waals surface area contributed by atoms with E-state index in [4.69, 9.17) is 14.2 Å². The van der Waals surface area contributed by atoms with Crippen molar-refractivity contribution in [3.63, 3.8) is 0 Å². The summed E-state index contributed by atoms with van der Waals surface area (Å²) < 4.78 is 16.9. The lowest BCUT2D eigenvalue weighted by Crippen LogP contribution is -2.37. The second kappa shape index (κ2) is 9.01. The van der Waals surface area contributed by atoms with Crippen LogP contribution in [0.3, 0.4) is 0 Å². The number of hydrogen-bond acceptors (Lipinski definition) is 9. The number of H-pyrrole nitrogens is 1. The Morgan fingerprint density at radius 3 is 2.83 bits per heavy atom. The summed E-state index contributed by atoms with van der Waals surface area (Å²) in [4.78, 5) is 15.3. The number of benzene rings is 1. The van der Waals surface area contributed by atoms with Crippen LogP contribution < -0.4 is 14.8 Å². The maximum Gasteiger partial charge on any atom is 0.247 e. The summed E-state index contributed by atoms with van der Waals surface area (Å²) in [5, 5.41) is 10.8. The van der Waals surface area contributed by atoms with Gasteiger partial charge in [0.25, 0.3) is 0 Å². The van der Waals surface area contributed by atoms with Gasteiger partial charge in [-0.1, -0.05) is 0 Å². The van der Waals surface area contributed by atoms with Crippen LogP contribution in [-0.2, 0) is 4.74 Å². The fourth-order valence-electron chi connectivity index (χ4n) is 3.24. The minimum Gasteiger partial charge on any atom is -0.493 e. The predicted molar refractivity (Wildman–Crippen MR) is 108 cm³/mol. The van der Waals surface area contributed by atoms with E-state index < -0.39 is 0 Å². The molecule has 4 rings (SSSR count). The molecule has 154 valence electrons. The fraction of sp³-hybridized carbons (Fsp3) is 0.474. The normalized spacial score (nSPS) is 14.8. The number of ether oxygens (including phenoxy) is 3. The van der Waals surface area contributed by atoms with Gasteiger partial charge < -0.3 is 19.5 Å². The Morgan fingerprint density at radius 1 is 1.21 bits per heavy atom. The lowest BCUT2D eigenvalue weighted by atomic mass is 10.2. The van der Waals surface area contributed by atoms with Crippen LogP contribution in [0.1, 0.15) is 12.2 Å². The molecule has 10 heteroatoms. The molecule has 1 aliphatic rings. The molecular formula is C19H25N7O3. The van der Waals surface area contributed by atoms with Gasteiger partial charge in [-0.2, -0.15) is 4.98 Å². The van der Waals surface area contributed by atoms with Crippen molar-refractivity contribution in [1.82, 2.24) is 30.0 Å². The molecule has 0 radical (unpaired) electrons. The van der Waals surface area contributed by atoms with Gasteiger partial charge in [0.2, 0.25) is 5.95 Å². The first-order chi connectivity index (χ1) is 14.2. The molecule has 0 spiro atoms. The summed E-state index contributed by atoms with van der Waals surface area (Å²) in [6.07, 6.45) is 2.43. The molecule has 29 heavy (non-hydrogen) atoms. The van der Waals surface area contributed by atoms with Crippen LogP contribution in [-0.4, -0.2) is 76.6 Å². The molecule has 1 aromatic carbocycles. The Kier molecular flexibility index (Phi) is 6.01. The van der Waals surface area contributed by atoms with E-state index in [9.17, 15) is 0 Å². The van der Waals surface area contributed by atoms with Crippen molar-refractivity contribution in [3.05, 3.63) is 24.3 Å². The molecule has 2 aromatic heterocycles. The van der Waals surface area contributed by atoms with Gasteiger partial charge in [0.15, 0.2) is 11.5 Å². The van der Waals surface area contributed by atoms with Crippen molar-refractivity contribution in [1.29, 1.82) is 0 Å². The van der Waals surface area contributed by atoms with Crippen molar-refractivity contribution >= 4 is 22.7 Å². The highest BCUT2D eigenvalue weighted by molar-refractivity contribution is 5.92. The summed E-state index contributed by atoms with van der Waals surface area (Å²) in [7, 11) is 1.62. The standard InChI is InChI=1S/C19H25N7O3/c1-13-22-19(25-24-13)23-18-14-10-16(27-2)17(11-15(14)20-12-21-18)29-7-3-4-26-5-8-28-9-6-26/h10-12H,3-9H2,1-2H3,(H2,20,21,22,23,24,25). The van der Waals surface area contributed by atoms with E-state index in [1.54, 1.807) is 7.11 Å². The van der Waals surface area contributed by atoms with Gasteiger partial charge in [0.05, 0.1) is 32.4 Å². The number of methoxy groups -OCH3 is 1. The van der Waals surface area contributed by atoms with Crippen LogP contribution in [0.4, 0.5) is 11.8 Å². The summed E-state index contributed by atoms with van der Waals surface area (Å²) in [6.45, 7) is 7.01. The predicted octanol–water partition coefficient (Wildman–Crippen LogP) is 1.91. The molecule has 2 N–H and O–H groups in total. The third kappa shape index (κ3) is 4.72. The van der Waals surface area contributed by atoms with Crippen LogP contribution >= 0.6 is 0 Å². The fourth-order valence-corrected chi connectivity index (χ4v) is 3.24. The highest BCUT2D eigenvalue weighted by Gasteiger charge is 2.14. The zero-order valence-corrected chi connectivity index (χ0v) is 16.6. The average Bonchev–Trinajstić information content (AvgIpc) is 3.16. The largest absolute Gasteiger partial charge is 0.493 e. The van der Waals surface area contributed by atoms with Gasteiger partial charge in [-0.15, -0.1) is 5.10 Å². The zero-order chi connectivity index (χ0) is 20.1. The zero-order valence-electron chi connectivity index (χ0n) is 16.6. The second-order valence-corrected chi connectivity index (χ2v) is 6.77. The minimum atomic E-state index is 0.449. The number of rotatable bonds is 8. The number of anilines is 2. The Bertz CT molecular complexity index is 956. The van der Waals surface area contributed by atoms with Crippen molar-refractivity contribution < 1.29 is 14.2 Å². The van der Waals surface area contributed by atoms with E-state index in [0.29, 0.717) is 29.9 Å². The van der Waals surface area contributed by atoms with Crippen LogP contribution in [0, 0.1) is 6.92 Å². The molecule has 0 atom stereocenters. The summed E-state index contributed by atoms with van der Waals surface area (Å²) in [6, 6.07) is 3.74. The molecule has 0 bridgehead atoms. The van der Waals surface area contributed by atoms with Crippen LogP contribution in [0.2, 0.25) is 0 Å². The van der Waals surface area contributed by atoms with E-state index in [1.165, 1.54) is 6.33 Å². The highest BCUT2D eigenvalue weighted by atomic mass is 16.5. The average molecular weight is 399 g/mol. The Hall–Kier alpha value is -2.98. The van der Waals surface area contributed by atoms with E-state index in [0.717, 1.165) is 56.0 Å². The number of hydrogen-bond donors (Lipinski definition) is 2. The van der Waals surface area contributed by atoms with Gasteiger partial charge in [-0.3, -0.25) is 10.00 Å². The second-order valence-electron chi connectivity index (χ2n) is 6.77. The highest BCUT2D eigenvalue weighted by Crippen LogP contribution is 2.34. The summed E-state index contributed by atoms with van der Waals surface area (Å²) >= 11 is 0. The third-order valence-corrected chi connectivity index (χ3v) is 4.73. The quantitative estimate of drug-likeness (QED) is 0.549. The number of nitrogens with one attached hydrogen (secondary N) is 2. The molecule has 3 aromatic rings. The molecule has 1 saturated heterocycles. The smallest absolute Gasteiger partial charge is 0.247 e. The third-order valence-electron chi connectivity index (χ3n) is 4.73. The Morgan fingerprint density at radius 2 is 2.07 bits per heavy atom. The Labute approximate surface area is 168 Å². The van der Waals surface area contributed by atoms with E-state index >= 15 is 0 Å². The number of aryl methyl sites for hydroxylation is 1. The van der Waals surface area contributed by atoms with Crippen molar-refractivity contribution in [2.45, 2.75) is 13.3 Å². The number of aromatic amines is 1. The first-order valence-corrected chi connectivity index (χ1v) is 9.64. The van der Waals surface area contributed by atoms with Gasteiger partial charge in [-0.05, 0) is 19.4 Å². The molecule has 10 nitrogen and oxygen atoms in total. The number of nitrogens with zero attached hydrogens (tertiary/aromatic N) is 5. The SMILES string of the molecule is COc1cc2c(Nc3n[nH]c(C)n3)ncnc2cc1OCCCN1CCOCC1. The molecule has 0 unspecified atom stereocenters. The molecule has 0 saturated carbocycles. The van der Waals surface area contributed by atoms with Crippen LogP contribution in [0.15, 0.2) is 18.5 Å². The van der Waals surface area contributed by atoms with Crippen molar-refractivity contribution in [3.8, 4) is 11.5 Å². The number of aromatic nitrogens is 5. The lowest BCUT2D eigenvalue weighted by molar-refractivity contribution is 0.0357. The minimum absolute atomic E-state index is 0.449. The molecule has 0 aliphatic carbocycles. The maximum absolute atomic E-state index is 6.00. The number of morpholine rings is 1. The molecule has 0 amide bonds. The first kappa shape index (κ1) is 19.3. The Balaban J connectivity index is 1.46. The first-order valence-electron chi connectivity index (χ1n) is 9.64. The summed E-state index contributed by atoms with van der Waals surface area (Å²) in [5.41, 5.74) is 0.749.